The molecule has 0 fully saturated rings. The molecule has 0 aromatic heterocycles. The van der Waals surface area contributed by atoms with Crippen molar-refractivity contribution in [1.82, 2.24) is 0 Å². The van der Waals surface area contributed by atoms with E-state index in [1.807, 2.05) is 11.6 Å². The van der Waals surface area contributed by atoms with Crippen molar-refractivity contribution in [2.24, 2.45) is 5.64 Å². The van der Waals surface area contributed by atoms with Gasteiger partial charge in [-0.3, -0.25) is 0 Å². The van der Waals surface area contributed by atoms with Crippen molar-refractivity contribution in [2.45, 2.75) is 19.8 Å². The first kappa shape index (κ1) is 12.8. The zero-order valence-corrected chi connectivity index (χ0v) is 8.61. The number of rotatable bonds is 4. The minimum Gasteiger partial charge on any atom is -0.351 e. The maximum atomic E-state index is 5.48. The molecular weight excluding hydrogens is 243 g/mol. The predicted octanol–water partition coefficient (Wildman–Crippen LogP) is 1.52. The number of unbranched alkanes of at least 4 members (excludes halogenated alkanes) is 1. The van der Waals surface area contributed by atoms with Gasteiger partial charge in [0.2, 0.25) is 0 Å². The van der Waals surface area contributed by atoms with E-state index in [1.54, 1.807) is 0 Å². The Balaban J connectivity index is 0. The fourth-order valence-corrected chi connectivity index (χ4v) is 1.78. The summed E-state index contributed by atoms with van der Waals surface area (Å²) in [5, 5.41) is 0. The van der Waals surface area contributed by atoms with Crippen LogP contribution in [0.4, 0.5) is 0 Å². The fraction of sp³-hybridized carbons (Fsp3) is 1.00. The highest BCUT2D eigenvalue weighted by atomic mass is 127. The maximum Gasteiger partial charge on any atom is 0.359 e. The fourth-order valence-electron chi connectivity index (χ4n) is 0.340. The van der Waals surface area contributed by atoms with E-state index >= 15 is 0 Å². The minimum atomic E-state index is 0. The van der Waals surface area contributed by atoms with Crippen molar-refractivity contribution in [2.75, 3.05) is 5.75 Å². The normalized spacial score (nSPS) is 8.33. The van der Waals surface area contributed by atoms with E-state index in [1.165, 1.54) is 18.6 Å². The van der Waals surface area contributed by atoms with Crippen molar-refractivity contribution in [3.05, 3.63) is 0 Å². The summed E-state index contributed by atoms with van der Waals surface area (Å²) in [5.41, 5.74) is 5.48. The van der Waals surface area contributed by atoms with Gasteiger partial charge in [0.05, 0.1) is 0 Å². The maximum absolute atomic E-state index is 5.48. The molecule has 2 N–H and O–H groups in total. The van der Waals surface area contributed by atoms with E-state index in [0.717, 1.165) is 0 Å². The van der Waals surface area contributed by atoms with E-state index in [4.69, 9.17) is 5.64 Å². The van der Waals surface area contributed by atoms with Gasteiger partial charge < -0.3 is 5.64 Å². The molecule has 5 heteroatoms. The van der Waals surface area contributed by atoms with Crippen molar-refractivity contribution < 1.29 is 0 Å². The summed E-state index contributed by atoms with van der Waals surface area (Å²) >= 11 is 4.04. The second kappa shape index (κ2) is 9.17. The molecule has 0 saturated carbocycles. The first-order valence-corrected chi connectivity index (χ1v) is 5.08. The first-order valence-electron chi connectivity index (χ1n) is 2.78. The lowest BCUT2D eigenvalue weighted by Crippen LogP contribution is -2.12. The average Bonchev–Trinajstić information content (AvgIpc) is 1.66. The van der Waals surface area contributed by atoms with Crippen LogP contribution in [0.2, 0.25) is 0 Å². The second-order valence-corrected chi connectivity index (χ2v) is 5.01. The summed E-state index contributed by atoms with van der Waals surface area (Å²) in [6, 6.07) is 0. The Bertz CT molecular complexity index is 55.8. The molecule has 0 rings (SSSR count). The quantitative estimate of drug-likeness (QED) is 0.467. The standard InChI is InChI=1S/C4H11BINS.B/c1-2-3-4-8-5(6)7;/h2-4,7H2,1H3;. The van der Waals surface area contributed by atoms with Crippen LogP contribution in [0.1, 0.15) is 19.8 Å². The highest BCUT2D eigenvalue weighted by Gasteiger charge is 1.99. The molecular formula is C4H11B2INS. The van der Waals surface area contributed by atoms with Crippen LogP contribution < -0.4 is 5.64 Å². The molecule has 0 aliphatic carbocycles. The summed E-state index contributed by atoms with van der Waals surface area (Å²) in [7, 11) is 0. The van der Waals surface area contributed by atoms with Gasteiger partial charge in [-0.05, 0) is 12.2 Å². The SMILES string of the molecule is CCCCSB(N)I.[B]. The number of halogens is 1. The topological polar surface area (TPSA) is 26.0 Å². The lowest BCUT2D eigenvalue weighted by molar-refractivity contribution is 0.898. The zero-order valence-electron chi connectivity index (χ0n) is 5.64. The average molecular weight is 254 g/mol. The van der Waals surface area contributed by atoms with Crippen LogP contribution in [-0.2, 0) is 0 Å². The molecule has 51 valence electrons. The lowest BCUT2D eigenvalue weighted by Gasteiger charge is -1.96. The molecule has 3 radical (unpaired) electrons. The van der Waals surface area contributed by atoms with E-state index in [2.05, 4.69) is 29.3 Å². The van der Waals surface area contributed by atoms with Crippen LogP contribution in [0, 0.1) is 0 Å². The Morgan fingerprint density at radius 2 is 2.22 bits per heavy atom. The van der Waals surface area contributed by atoms with E-state index < -0.39 is 0 Å². The third-order valence-electron chi connectivity index (χ3n) is 0.775. The molecule has 0 unspecified atom stereocenters. The van der Waals surface area contributed by atoms with Crippen LogP contribution >= 0.6 is 34.0 Å². The van der Waals surface area contributed by atoms with E-state index in [9.17, 15) is 0 Å². The van der Waals surface area contributed by atoms with Crippen molar-refractivity contribution in [3.8, 4) is 0 Å². The third kappa shape index (κ3) is 12.4. The first-order chi connectivity index (χ1) is 3.77. The Hall–Kier alpha value is 1.17. The summed E-state index contributed by atoms with van der Waals surface area (Å²) in [5.74, 6) is 1.21. The Morgan fingerprint density at radius 3 is 2.56 bits per heavy atom. The summed E-state index contributed by atoms with van der Waals surface area (Å²) in [4.78, 5) is 0. The van der Waals surface area contributed by atoms with Gasteiger partial charge in [-0.25, -0.2) is 0 Å². The van der Waals surface area contributed by atoms with Gasteiger partial charge in [-0.2, -0.15) is 11.6 Å². The monoisotopic (exact) mass is 254 g/mol. The third-order valence-corrected chi connectivity index (χ3v) is 2.70. The van der Waals surface area contributed by atoms with Gasteiger partial charge in [0.15, 0.2) is 0 Å². The Morgan fingerprint density at radius 1 is 1.67 bits per heavy atom. The van der Waals surface area contributed by atoms with Crippen LogP contribution in [0.3, 0.4) is 0 Å². The molecule has 0 saturated heterocycles. The number of hydrogen-bond donors (Lipinski definition) is 1. The largest absolute Gasteiger partial charge is 0.359 e. The minimum absolute atomic E-state index is 0. The van der Waals surface area contributed by atoms with Gasteiger partial charge >= 0.3 is 3.98 Å². The zero-order chi connectivity index (χ0) is 6.41. The second-order valence-electron chi connectivity index (χ2n) is 1.58. The van der Waals surface area contributed by atoms with Crippen molar-refractivity contribution in [1.29, 1.82) is 0 Å². The lowest BCUT2D eigenvalue weighted by atomic mass is 10.4. The molecule has 0 aromatic rings. The van der Waals surface area contributed by atoms with Crippen LogP contribution in [0.25, 0.3) is 0 Å². The van der Waals surface area contributed by atoms with Crippen molar-refractivity contribution in [3.63, 3.8) is 0 Å². The molecule has 0 atom stereocenters. The highest BCUT2D eigenvalue weighted by molar-refractivity contribution is 14.1. The highest BCUT2D eigenvalue weighted by Crippen LogP contribution is 2.09. The molecule has 1 nitrogen and oxygen atoms in total. The molecule has 0 aliphatic heterocycles. The Kier molecular flexibility index (Phi) is 13.1. The number of hydrogen-bond acceptors (Lipinski definition) is 2. The van der Waals surface area contributed by atoms with E-state index in [-0.39, 0.29) is 8.41 Å². The van der Waals surface area contributed by atoms with Crippen LogP contribution in [0.15, 0.2) is 0 Å². The van der Waals surface area contributed by atoms with Crippen LogP contribution in [0.5, 0.6) is 0 Å². The molecule has 0 aromatic carbocycles. The van der Waals surface area contributed by atoms with Gasteiger partial charge in [-0.15, -0.1) is 22.4 Å². The molecule has 0 bridgehead atoms. The molecule has 0 heterocycles. The van der Waals surface area contributed by atoms with Gasteiger partial charge in [0.25, 0.3) is 0 Å². The van der Waals surface area contributed by atoms with Crippen LogP contribution in [-0.4, -0.2) is 18.1 Å². The number of nitrogens with two attached hydrogens (primary N) is 1. The summed E-state index contributed by atoms with van der Waals surface area (Å²) in [6.07, 6.45) is 2.57. The van der Waals surface area contributed by atoms with Gasteiger partial charge in [-0.1, -0.05) is 13.3 Å². The Labute approximate surface area is 77.4 Å². The van der Waals surface area contributed by atoms with Crippen molar-refractivity contribution >= 4 is 46.4 Å². The summed E-state index contributed by atoms with van der Waals surface area (Å²) in [6.45, 7) is 2.19. The molecule has 0 aliphatic rings. The molecule has 9 heavy (non-hydrogen) atoms. The van der Waals surface area contributed by atoms with Gasteiger partial charge in [0, 0.05) is 8.41 Å². The summed E-state index contributed by atoms with van der Waals surface area (Å²) < 4.78 is 0.291. The van der Waals surface area contributed by atoms with E-state index in [0.29, 0.717) is 3.98 Å². The predicted molar refractivity (Wildman–Crippen MR) is 57.1 cm³/mol. The smallest absolute Gasteiger partial charge is 0.351 e. The molecule has 0 amide bonds. The molecule has 0 spiro atoms. The van der Waals surface area contributed by atoms with Gasteiger partial charge in [0.1, 0.15) is 0 Å².